The van der Waals surface area contributed by atoms with Crippen LogP contribution in [0, 0.1) is 0 Å². The molecule has 0 bridgehead atoms. The fourth-order valence-corrected chi connectivity index (χ4v) is 2.78. The smallest absolute Gasteiger partial charge is 0.345 e. The van der Waals surface area contributed by atoms with Crippen molar-refractivity contribution in [2.45, 2.75) is 31.5 Å². The molecule has 9 heteroatoms. The largest absolute Gasteiger partial charge is 0.405 e. The molecule has 0 aliphatic carbocycles. The molecule has 0 unspecified atom stereocenters. The number of alkyl halides is 3. The Bertz CT molecular complexity index is 664. The number of nitrogens with one attached hydrogen (secondary N) is 2. The fraction of sp³-hybridized carbons (Fsp3) is 0.438. The minimum atomic E-state index is -4.57. The number of rotatable bonds is 6. The minimum absolute atomic E-state index is 0.308. The number of urea groups is 1. The van der Waals surface area contributed by atoms with Gasteiger partial charge >= 0.3 is 12.2 Å². The Hall–Kier alpha value is -2.58. The summed E-state index contributed by atoms with van der Waals surface area (Å²) in [6.45, 7) is -0.448. The summed E-state index contributed by atoms with van der Waals surface area (Å²) in [6, 6.07) is 7.74. The molecular weight excluding hydrogens is 339 g/mol. The Morgan fingerprint density at radius 1 is 1.24 bits per heavy atom. The van der Waals surface area contributed by atoms with Crippen molar-refractivity contribution < 1.29 is 27.6 Å². The zero-order valence-corrected chi connectivity index (χ0v) is 13.5. The number of carbonyl (C=O) groups is 3. The highest BCUT2D eigenvalue weighted by molar-refractivity contribution is 6.09. The number of hydrogen-bond donors (Lipinski definition) is 2. The van der Waals surface area contributed by atoms with Crippen molar-refractivity contribution >= 4 is 17.8 Å². The molecule has 2 N–H and O–H groups in total. The van der Waals surface area contributed by atoms with E-state index >= 15 is 0 Å². The van der Waals surface area contributed by atoms with Crippen LogP contribution in [0.25, 0.3) is 0 Å². The summed E-state index contributed by atoms with van der Waals surface area (Å²) in [6.07, 6.45) is -3.68. The summed E-state index contributed by atoms with van der Waals surface area (Å²) in [7, 11) is 0. The molecule has 6 nitrogen and oxygen atoms in total. The van der Waals surface area contributed by atoms with Crippen molar-refractivity contribution in [2.75, 3.05) is 13.1 Å². The van der Waals surface area contributed by atoms with Gasteiger partial charge in [-0.2, -0.15) is 13.2 Å². The van der Waals surface area contributed by atoms with E-state index in [9.17, 15) is 27.6 Å². The lowest BCUT2D eigenvalue weighted by Gasteiger charge is -2.26. The fourth-order valence-electron chi connectivity index (χ4n) is 2.78. The Kier molecular flexibility index (Phi) is 5.34. The Balaban J connectivity index is 2.18. The summed E-state index contributed by atoms with van der Waals surface area (Å²) in [5, 5.41) is 4.25. The predicted molar refractivity (Wildman–Crippen MR) is 82.3 cm³/mol. The minimum Gasteiger partial charge on any atom is -0.345 e. The summed E-state index contributed by atoms with van der Waals surface area (Å²) < 4.78 is 36.5. The Labute approximate surface area is 142 Å². The molecule has 1 heterocycles. The molecule has 1 saturated heterocycles. The quantitative estimate of drug-likeness (QED) is 0.764. The second-order valence-electron chi connectivity index (χ2n) is 5.73. The molecule has 0 saturated carbocycles. The van der Waals surface area contributed by atoms with E-state index in [1.54, 1.807) is 35.6 Å². The van der Waals surface area contributed by atoms with E-state index in [2.05, 4.69) is 5.32 Å². The molecule has 1 atom stereocenters. The third kappa shape index (κ3) is 4.09. The normalized spacial score (nSPS) is 20.6. The van der Waals surface area contributed by atoms with E-state index in [0.29, 0.717) is 23.3 Å². The first-order chi connectivity index (χ1) is 11.7. The second kappa shape index (κ2) is 7.12. The SMILES string of the molecule is CCC[C@@]1(c2ccccc2)NC(=O)N(CC(=O)NCC(F)(F)F)C1=O. The van der Waals surface area contributed by atoms with Crippen molar-refractivity contribution in [3.8, 4) is 0 Å². The third-order valence-corrected chi connectivity index (χ3v) is 3.86. The number of benzene rings is 1. The molecule has 0 radical (unpaired) electrons. The van der Waals surface area contributed by atoms with E-state index in [1.807, 2.05) is 6.92 Å². The van der Waals surface area contributed by atoms with Crippen LogP contribution in [0.3, 0.4) is 0 Å². The molecule has 136 valence electrons. The van der Waals surface area contributed by atoms with Crippen LogP contribution in [-0.4, -0.2) is 42.0 Å². The Morgan fingerprint density at radius 3 is 2.44 bits per heavy atom. The lowest BCUT2D eigenvalue weighted by molar-refractivity contribution is -0.141. The second-order valence-corrected chi connectivity index (χ2v) is 5.73. The molecule has 1 fully saturated rings. The van der Waals surface area contributed by atoms with Gasteiger partial charge in [0.15, 0.2) is 0 Å². The highest BCUT2D eigenvalue weighted by Gasteiger charge is 2.52. The van der Waals surface area contributed by atoms with Crippen LogP contribution >= 0.6 is 0 Å². The Morgan fingerprint density at radius 2 is 1.88 bits per heavy atom. The zero-order chi connectivity index (χ0) is 18.7. The molecular formula is C16H18F3N3O3. The molecule has 0 aromatic heterocycles. The van der Waals surface area contributed by atoms with Crippen LogP contribution in [-0.2, 0) is 15.1 Å². The first-order valence-electron chi connectivity index (χ1n) is 7.72. The van der Waals surface area contributed by atoms with E-state index in [0.717, 1.165) is 0 Å². The molecule has 25 heavy (non-hydrogen) atoms. The average Bonchev–Trinajstić information content (AvgIpc) is 2.79. The molecule has 1 aliphatic heterocycles. The summed E-state index contributed by atoms with van der Waals surface area (Å²) in [5.41, 5.74) is -0.745. The van der Waals surface area contributed by atoms with Gasteiger partial charge in [-0.3, -0.25) is 14.5 Å². The van der Waals surface area contributed by atoms with E-state index in [-0.39, 0.29) is 0 Å². The van der Waals surface area contributed by atoms with Crippen LogP contribution in [0.5, 0.6) is 0 Å². The van der Waals surface area contributed by atoms with E-state index < -0.39 is 42.7 Å². The number of nitrogens with zero attached hydrogens (tertiary/aromatic N) is 1. The first-order valence-corrected chi connectivity index (χ1v) is 7.72. The van der Waals surface area contributed by atoms with Gasteiger partial charge < -0.3 is 10.6 Å². The van der Waals surface area contributed by atoms with Crippen molar-refractivity contribution in [3.05, 3.63) is 35.9 Å². The van der Waals surface area contributed by atoms with Crippen molar-refractivity contribution in [1.82, 2.24) is 15.5 Å². The molecule has 4 amide bonds. The van der Waals surface area contributed by atoms with Gasteiger partial charge in [0.25, 0.3) is 5.91 Å². The first kappa shape index (κ1) is 18.8. The van der Waals surface area contributed by atoms with Crippen molar-refractivity contribution in [2.24, 2.45) is 0 Å². The molecule has 1 aromatic rings. The van der Waals surface area contributed by atoms with Gasteiger partial charge in [-0.05, 0) is 12.0 Å². The van der Waals surface area contributed by atoms with Gasteiger partial charge in [-0.1, -0.05) is 43.7 Å². The van der Waals surface area contributed by atoms with Crippen LogP contribution in [0.15, 0.2) is 30.3 Å². The number of amides is 4. The average molecular weight is 357 g/mol. The van der Waals surface area contributed by atoms with Crippen LogP contribution in [0.1, 0.15) is 25.3 Å². The zero-order valence-electron chi connectivity index (χ0n) is 13.5. The van der Waals surface area contributed by atoms with E-state index in [4.69, 9.17) is 0 Å². The number of hydrogen-bond acceptors (Lipinski definition) is 3. The van der Waals surface area contributed by atoms with Gasteiger partial charge in [0, 0.05) is 0 Å². The topological polar surface area (TPSA) is 78.5 Å². The summed E-state index contributed by atoms with van der Waals surface area (Å²) >= 11 is 0. The van der Waals surface area contributed by atoms with Crippen LogP contribution in [0.4, 0.5) is 18.0 Å². The van der Waals surface area contributed by atoms with Crippen molar-refractivity contribution in [1.29, 1.82) is 0 Å². The van der Waals surface area contributed by atoms with Gasteiger partial charge in [0.1, 0.15) is 18.6 Å². The molecule has 1 aliphatic rings. The van der Waals surface area contributed by atoms with Crippen LogP contribution < -0.4 is 10.6 Å². The highest BCUT2D eigenvalue weighted by Crippen LogP contribution is 2.33. The van der Waals surface area contributed by atoms with Crippen molar-refractivity contribution in [3.63, 3.8) is 0 Å². The van der Waals surface area contributed by atoms with Gasteiger partial charge in [0.2, 0.25) is 5.91 Å². The highest BCUT2D eigenvalue weighted by atomic mass is 19.4. The molecule has 2 rings (SSSR count). The molecule has 0 spiro atoms. The number of imide groups is 1. The number of carbonyl (C=O) groups excluding carboxylic acids is 3. The summed E-state index contributed by atoms with van der Waals surface area (Å²) in [5.74, 6) is -1.70. The predicted octanol–water partition coefficient (Wildman–Crippen LogP) is 1.91. The molecule has 1 aromatic carbocycles. The maximum Gasteiger partial charge on any atom is 0.405 e. The van der Waals surface area contributed by atoms with Crippen LogP contribution in [0.2, 0.25) is 0 Å². The van der Waals surface area contributed by atoms with Gasteiger partial charge in [-0.25, -0.2) is 4.79 Å². The maximum absolute atomic E-state index is 12.8. The van der Waals surface area contributed by atoms with Gasteiger partial charge in [-0.15, -0.1) is 0 Å². The van der Waals surface area contributed by atoms with E-state index in [1.165, 1.54) is 0 Å². The third-order valence-electron chi connectivity index (χ3n) is 3.86. The van der Waals surface area contributed by atoms with Gasteiger partial charge in [0.05, 0.1) is 0 Å². The standard InChI is InChI=1S/C16H18F3N3O3/c1-2-8-15(11-6-4-3-5-7-11)13(24)22(14(25)21-15)9-12(23)20-10-16(17,18)19/h3-7H,2,8-10H2,1H3,(H,20,23)(H,21,25)/t15-/m0/s1. The summed E-state index contributed by atoms with van der Waals surface area (Å²) in [4.78, 5) is 37.3. The number of halogens is 3. The monoisotopic (exact) mass is 357 g/mol. The maximum atomic E-state index is 12.8. The lowest BCUT2D eigenvalue weighted by atomic mass is 9.85. The lowest BCUT2D eigenvalue weighted by Crippen LogP contribution is -2.46.